The van der Waals surface area contributed by atoms with Crippen LogP contribution < -0.4 is 15.2 Å². The fourth-order valence-electron chi connectivity index (χ4n) is 4.14. The monoisotopic (exact) mass is 484 g/mol. The summed E-state index contributed by atoms with van der Waals surface area (Å²) in [6.45, 7) is 2.21. The summed E-state index contributed by atoms with van der Waals surface area (Å²) in [6.07, 6.45) is 1.12. The third-order valence-corrected chi connectivity index (χ3v) is 6.48. The van der Waals surface area contributed by atoms with Gasteiger partial charge in [0.2, 0.25) is 0 Å². The Kier molecular flexibility index (Phi) is 6.47. The van der Waals surface area contributed by atoms with Crippen molar-refractivity contribution in [2.75, 3.05) is 25.7 Å². The molecule has 0 aliphatic heterocycles. The summed E-state index contributed by atoms with van der Waals surface area (Å²) in [5.74, 6) is 0.201. The first kappa shape index (κ1) is 23.6. The Morgan fingerprint density at radius 3 is 2.44 bits per heavy atom. The molecule has 178 valence electrons. The SMILES string of the molecule is CCOc1cc(C(CS(C)(=O)=O)n2c(=O)[nH]c3c(-c4ccccc4F)cccc32)ccc1OC. The van der Waals surface area contributed by atoms with Gasteiger partial charge in [-0.1, -0.05) is 36.4 Å². The number of hydrogen-bond acceptors (Lipinski definition) is 5. The minimum Gasteiger partial charge on any atom is -0.493 e. The van der Waals surface area contributed by atoms with Gasteiger partial charge in [0.15, 0.2) is 11.5 Å². The van der Waals surface area contributed by atoms with E-state index >= 15 is 0 Å². The molecule has 4 rings (SSSR count). The number of nitrogens with one attached hydrogen (secondary N) is 1. The third kappa shape index (κ3) is 4.56. The van der Waals surface area contributed by atoms with Gasteiger partial charge in [0, 0.05) is 17.4 Å². The van der Waals surface area contributed by atoms with Crippen molar-refractivity contribution in [3.8, 4) is 22.6 Å². The van der Waals surface area contributed by atoms with Gasteiger partial charge in [0.1, 0.15) is 15.7 Å². The molecule has 0 spiro atoms. The van der Waals surface area contributed by atoms with Crippen molar-refractivity contribution in [2.24, 2.45) is 0 Å². The lowest BCUT2D eigenvalue weighted by atomic mass is 10.0. The lowest BCUT2D eigenvalue weighted by Crippen LogP contribution is -2.28. The lowest BCUT2D eigenvalue weighted by Gasteiger charge is -2.20. The quantitative estimate of drug-likeness (QED) is 0.405. The second-order valence-electron chi connectivity index (χ2n) is 7.93. The summed E-state index contributed by atoms with van der Waals surface area (Å²) < 4.78 is 51.7. The topological polar surface area (TPSA) is 90.4 Å². The van der Waals surface area contributed by atoms with E-state index in [1.165, 1.54) is 17.7 Å². The first-order chi connectivity index (χ1) is 16.2. The highest BCUT2D eigenvalue weighted by molar-refractivity contribution is 7.90. The molecule has 0 aliphatic rings. The minimum absolute atomic E-state index is 0.318. The van der Waals surface area contributed by atoms with Crippen molar-refractivity contribution < 1.29 is 22.3 Å². The van der Waals surface area contributed by atoms with E-state index in [0.29, 0.717) is 45.8 Å². The van der Waals surface area contributed by atoms with Gasteiger partial charge in [-0.05, 0) is 36.8 Å². The van der Waals surface area contributed by atoms with E-state index in [2.05, 4.69) is 4.98 Å². The molecule has 3 aromatic carbocycles. The number of aromatic nitrogens is 2. The molecule has 0 radical (unpaired) electrons. The van der Waals surface area contributed by atoms with Crippen LogP contribution in [0.4, 0.5) is 4.39 Å². The van der Waals surface area contributed by atoms with Gasteiger partial charge < -0.3 is 14.5 Å². The predicted molar refractivity (Wildman–Crippen MR) is 130 cm³/mol. The highest BCUT2D eigenvalue weighted by Crippen LogP contribution is 2.34. The predicted octanol–water partition coefficient (Wildman–Crippen LogP) is 4.18. The molecule has 1 unspecified atom stereocenters. The number of aromatic amines is 1. The molecular formula is C25H25FN2O5S. The smallest absolute Gasteiger partial charge is 0.327 e. The molecule has 1 atom stereocenters. The zero-order valence-electron chi connectivity index (χ0n) is 19.0. The van der Waals surface area contributed by atoms with Gasteiger partial charge in [0.05, 0.1) is 36.5 Å². The van der Waals surface area contributed by atoms with E-state index in [-0.39, 0.29) is 5.75 Å². The number of para-hydroxylation sites is 1. The number of nitrogens with zero attached hydrogens (tertiary/aromatic N) is 1. The van der Waals surface area contributed by atoms with Crippen LogP contribution in [0.3, 0.4) is 0 Å². The molecule has 1 heterocycles. The maximum atomic E-state index is 14.5. The molecule has 34 heavy (non-hydrogen) atoms. The standard InChI is InChI=1S/C25H25FN2O5S/c1-4-33-23-14-16(12-13-22(23)32-2)21(15-34(3,30)31)28-20-11-7-9-18(24(20)27-25(28)29)17-8-5-6-10-19(17)26/h5-14,21H,4,15H2,1-3H3,(H,27,29). The lowest BCUT2D eigenvalue weighted by molar-refractivity contribution is 0.310. The van der Waals surface area contributed by atoms with Crippen LogP contribution in [0.2, 0.25) is 0 Å². The molecule has 0 saturated heterocycles. The van der Waals surface area contributed by atoms with Crippen molar-refractivity contribution in [2.45, 2.75) is 13.0 Å². The Bertz CT molecular complexity index is 1510. The van der Waals surface area contributed by atoms with Gasteiger partial charge in [-0.2, -0.15) is 0 Å². The number of sulfone groups is 1. The van der Waals surface area contributed by atoms with Crippen LogP contribution in [0, 0.1) is 5.82 Å². The van der Waals surface area contributed by atoms with Crippen molar-refractivity contribution in [1.82, 2.24) is 9.55 Å². The van der Waals surface area contributed by atoms with E-state index in [0.717, 1.165) is 6.26 Å². The van der Waals surface area contributed by atoms with E-state index in [1.54, 1.807) is 54.6 Å². The Labute approximate surface area is 196 Å². The fourth-order valence-corrected chi connectivity index (χ4v) is 5.05. The molecule has 9 heteroatoms. The van der Waals surface area contributed by atoms with Crippen molar-refractivity contribution >= 4 is 20.9 Å². The molecule has 0 amide bonds. The van der Waals surface area contributed by atoms with Crippen LogP contribution in [0.1, 0.15) is 18.5 Å². The number of imidazole rings is 1. The molecule has 7 nitrogen and oxygen atoms in total. The van der Waals surface area contributed by atoms with E-state index in [1.807, 2.05) is 6.92 Å². The van der Waals surface area contributed by atoms with E-state index < -0.39 is 27.4 Å². The maximum absolute atomic E-state index is 14.5. The molecule has 4 aromatic rings. The van der Waals surface area contributed by atoms with E-state index in [4.69, 9.17) is 9.47 Å². The number of methoxy groups -OCH3 is 1. The average molecular weight is 485 g/mol. The van der Waals surface area contributed by atoms with Crippen LogP contribution >= 0.6 is 0 Å². The summed E-state index contributed by atoms with van der Waals surface area (Å²) in [7, 11) is -1.98. The molecule has 1 aromatic heterocycles. The molecule has 1 N–H and O–H groups in total. The van der Waals surface area contributed by atoms with Crippen LogP contribution in [0.15, 0.2) is 65.5 Å². The van der Waals surface area contributed by atoms with Gasteiger partial charge in [-0.25, -0.2) is 17.6 Å². The maximum Gasteiger partial charge on any atom is 0.327 e. The Balaban J connectivity index is 1.96. The normalized spacial score (nSPS) is 12.6. The van der Waals surface area contributed by atoms with E-state index in [9.17, 15) is 17.6 Å². The first-order valence-corrected chi connectivity index (χ1v) is 12.8. The largest absolute Gasteiger partial charge is 0.493 e. The van der Waals surface area contributed by atoms with Crippen molar-refractivity contribution in [1.29, 1.82) is 0 Å². The van der Waals surface area contributed by atoms with Gasteiger partial charge in [-0.15, -0.1) is 0 Å². The molecule has 0 fully saturated rings. The first-order valence-electron chi connectivity index (χ1n) is 10.7. The Morgan fingerprint density at radius 1 is 1.03 bits per heavy atom. The number of fused-ring (bicyclic) bond motifs is 1. The highest BCUT2D eigenvalue weighted by Gasteiger charge is 2.26. The summed E-state index contributed by atoms with van der Waals surface area (Å²) >= 11 is 0. The van der Waals surface area contributed by atoms with Gasteiger partial charge in [0.25, 0.3) is 0 Å². The molecular weight excluding hydrogens is 459 g/mol. The van der Waals surface area contributed by atoms with Crippen LogP contribution in [-0.4, -0.2) is 43.7 Å². The average Bonchev–Trinajstić information content (AvgIpc) is 3.13. The van der Waals surface area contributed by atoms with Crippen LogP contribution in [-0.2, 0) is 9.84 Å². The van der Waals surface area contributed by atoms with Gasteiger partial charge >= 0.3 is 5.69 Å². The van der Waals surface area contributed by atoms with Crippen molar-refractivity contribution in [3.63, 3.8) is 0 Å². The van der Waals surface area contributed by atoms with Crippen LogP contribution in [0.25, 0.3) is 22.2 Å². The summed E-state index contributed by atoms with van der Waals surface area (Å²) in [5.41, 5.74) is 1.80. The number of benzene rings is 3. The van der Waals surface area contributed by atoms with Crippen molar-refractivity contribution in [3.05, 3.63) is 82.5 Å². The number of halogens is 1. The number of H-pyrrole nitrogens is 1. The van der Waals surface area contributed by atoms with Crippen LogP contribution in [0.5, 0.6) is 11.5 Å². The summed E-state index contributed by atoms with van der Waals surface area (Å²) in [6, 6.07) is 15.6. The third-order valence-electron chi connectivity index (χ3n) is 5.56. The molecule has 0 saturated carbocycles. The number of rotatable bonds is 8. The summed E-state index contributed by atoms with van der Waals surface area (Å²) in [5, 5.41) is 0. The number of hydrogen-bond donors (Lipinski definition) is 1. The molecule has 0 aliphatic carbocycles. The Morgan fingerprint density at radius 2 is 1.76 bits per heavy atom. The highest BCUT2D eigenvalue weighted by atomic mass is 32.2. The van der Waals surface area contributed by atoms with Gasteiger partial charge in [-0.3, -0.25) is 4.57 Å². The minimum atomic E-state index is -3.50. The zero-order valence-corrected chi connectivity index (χ0v) is 19.9. The fraction of sp³-hybridized carbons (Fsp3) is 0.240. The number of ether oxygens (including phenoxy) is 2. The second kappa shape index (κ2) is 9.34. The summed E-state index contributed by atoms with van der Waals surface area (Å²) in [4.78, 5) is 16.0. The molecule has 0 bridgehead atoms. The second-order valence-corrected chi connectivity index (χ2v) is 10.1. The Hall–Kier alpha value is -3.59. The zero-order chi connectivity index (χ0) is 24.5.